The molecular formula is C30H28FN5O5. The molecule has 2 aliphatic heterocycles. The summed E-state index contributed by atoms with van der Waals surface area (Å²) >= 11 is 0. The van der Waals surface area contributed by atoms with E-state index in [1.807, 2.05) is 10.9 Å². The molecule has 0 radical (unpaired) electrons. The van der Waals surface area contributed by atoms with Crippen LogP contribution in [-0.2, 0) is 9.59 Å². The molecule has 4 amide bonds. The molecule has 4 heterocycles. The second-order valence-electron chi connectivity index (χ2n) is 11.4. The first kappa shape index (κ1) is 25.6. The molecule has 3 aromatic rings. The lowest BCUT2D eigenvalue weighted by Crippen LogP contribution is -2.54. The van der Waals surface area contributed by atoms with Gasteiger partial charge < -0.3 is 4.74 Å². The number of nitrogens with one attached hydrogen (secondary N) is 1. The predicted molar refractivity (Wildman–Crippen MR) is 142 cm³/mol. The van der Waals surface area contributed by atoms with E-state index in [9.17, 15) is 23.6 Å². The summed E-state index contributed by atoms with van der Waals surface area (Å²) in [5.74, 6) is -1.25. The highest BCUT2D eigenvalue weighted by molar-refractivity contribution is 6.23. The van der Waals surface area contributed by atoms with Crippen molar-refractivity contribution in [3.05, 3.63) is 64.9 Å². The van der Waals surface area contributed by atoms with Crippen LogP contribution in [0.25, 0.3) is 11.3 Å². The van der Waals surface area contributed by atoms with Gasteiger partial charge in [0.25, 0.3) is 11.8 Å². The monoisotopic (exact) mass is 557 g/mol. The molecule has 0 bridgehead atoms. The maximum absolute atomic E-state index is 13.8. The summed E-state index contributed by atoms with van der Waals surface area (Å²) in [5, 5.41) is 7.11. The van der Waals surface area contributed by atoms with Gasteiger partial charge in [-0.25, -0.2) is 9.37 Å². The van der Waals surface area contributed by atoms with E-state index in [2.05, 4.69) is 10.3 Å². The molecule has 2 aliphatic carbocycles. The fourth-order valence-corrected chi connectivity index (χ4v) is 5.95. The minimum absolute atomic E-state index is 0.0745. The number of aryl methyl sites for hydroxylation is 1. The summed E-state index contributed by atoms with van der Waals surface area (Å²) in [6.45, 7) is 2.12. The van der Waals surface area contributed by atoms with Crippen molar-refractivity contribution >= 4 is 23.6 Å². The molecule has 210 valence electrons. The Morgan fingerprint density at radius 2 is 1.78 bits per heavy atom. The Labute approximate surface area is 234 Å². The van der Waals surface area contributed by atoms with Gasteiger partial charge >= 0.3 is 0 Å². The molecule has 1 aromatic carbocycles. The highest BCUT2D eigenvalue weighted by Gasteiger charge is 2.45. The van der Waals surface area contributed by atoms with E-state index < -0.39 is 29.7 Å². The van der Waals surface area contributed by atoms with Crippen molar-refractivity contribution < 1.29 is 28.3 Å². The van der Waals surface area contributed by atoms with Gasteiger partial charge in [0.15, 0.2) is 0 Å². The van der Waals surface area contributed by atoms with E-state index in [1.54, 1.807) is 31.2 Å². The number of ether oxygens (including phenoxy) is 1. The Hall–Kier alpha value is -4.41. The van der Waals surface area contributed by atoms with Crippen molar-refractivity contribution in [2.45, 2.75) is 63.5 Å². The molecule has 1 unspecified atom stereocenters. The molecule has 1 N–H and O–H groups in total. The number of fused-ring (bicyclic) bond motifs is 1. The number of nitrogens with zero attached hydrogens (tertiary/aromatic N) is 4. The van der Waals surface area contributed by atoms with Gasteiger partial charge in [-0.3, -0.25) is 34.1 Å². The fraction of sp³-hybridized carbons (Fsp3) is 0.400. The number of aromatic nitrogens is 3. The van der Waals surface area contributed by atoms with Crippen LogP contribution < -0.4 is 10.1 Å². The van der Waals surface area contributed by atoms with E-state index in [-0.39, 0.29) is 35.8 Å². The minimum Gasteiger partial charge on any atom is -0.493 e. The molecule has 3 fully saturated rings. The lowest BCUT2D eigenvalue weighted by molar-refractivity contribution is -0.136. The van der Waals surface area contributed by atoms with Crippen LogP contribution in [0, 0.1) is 18.7 Å². The molecule has 1 atom stereocenters. The van der Waals surface area contributed by atoms with E-state index in [0.29, 0.717) is 29.9 Å². The largest absolute Gasteiger partial charge is 0.493 e. The number of hydrogen-bond acceptors (Lipinski definition) is 7. The van der Waals surface area contributed by atoms with Gasteiger partial charge in [0.2, 0.25) is 11.8 Å². The highest BCUT2D eigenvalue weighted by Crippen LogP contribution is 2.45. The number of carbonyl (C=O) groups is 4. The van der Waals surface area contributed by atoms with Gasteiger partial charge in [-0.2, -0.15) is 5.10 Å². The standard InChI is InChI=1S/C30H28FN5O5/c1-15-23(31)6-7-24(32-15)22-13-35(34-27(22)17-2-3-17)18-10-16(11-18)14-41-19-4-5-20-21(12-19)30(40)36(29(20)39)25-8-9-26(37)33-28(25)38/h4-7,12-13,16-18,25H,2-3,8-11,14H2,1H3,(H,33,37,38)/t16-,18-,25?. The molecule has 1 saturated heterocycles. The van der Waals surface area contributed by atoms with Crippen molar-refractivity contribution in [3.63, 3.8) is 0 Å². The van der Waals surface area contributed by atoms with Crippen molar-refractivity contribution in [2.24, 2.45) is 5.92 Å². The lowest BCUT2D eigenvalue weighted by Gasteiger charge is -2.35. The zero-order chi connectivity index (χ0) is 28.4. The van der Waals surface area contributed by atoms with Gasteiger partial charge in [0, 0.05) is 24.1 Å². The lowest BCUT2D eigenvalue weighted by atomic mass is 9.81. The van der Waals surface area contributed by atoms with Crippen LogP contribution in [0.1, 0.15) is 82.6 Å². The Bertz CT molecular complexity index is 1620. The molecule has 2 saturated carbocycles. The first-order chi connectivity index (χ1) is 19.8. The van der Waals surface area contributed by atoms with Gasteiger partial charge in [0.1, 0.15) is 17.6 Å². The van der Waals surface area contributed by atoms with Gasteiger partial charge in [-0.15, -0.1) is 0 Å². The zero-order valence-electron chi connectivity index (χ0n) is 22.4. The zero-order valence-corrected chi connectivity index (χ0v) is 22.4. The van der Waals surface area contributed by atoms with Crippen molar-refractivity contribution in [1.82, 2.24) is 25.0 Å². The van der Waals surface area contributed by atoms with Crippen LogP contribution in [0.2, 0.25) is 0 Å². The van der Waals surface area contributed by atoms with E-state index in [1.165, 1.54) is 6.07 Å². The van der Waals surface area contributed by atoms with E-state index in [4.69, 9.17) is 9.84 Å². The summed E-state index contributed by atoms with van der Waals surface area (Å²) in [4.78, 5) is 55.1. The quantitative estimate of drug-likeness (QED) is 0.440. The Morgan fingerprint density at radius 3 is 2.51 bits per heavy atom. The van der Waals surface area contributed by atoms with Crippen LogP contribution in [-0.4, -0.2) is 55.9 Å². The number of pyridine rings is 1. The Morgan fingerprint density at radius 1 is 1.00 bits per heavy atom. The topological polar surface area (TPSA) is 123 Å². The summed E-state index contributed by atoms with van der Waals surface area (Å²) in [5.41, 5.74) is 3.55. The number of amides is 4. The number of rotatable bonds is 7. The third-order valence-corrected chi connectivity index (χ3v) is 8.50. The summed E-state index contributed by atoms with van der Waals surface area (Å²) < 4.78 is 21.8. The first-order valence-corrected chi connectivity index (χ1v) is 14.0. The molecule has 0 spiro atoms. The number of halogens is 1. The molecule has 2 aromatic heterocycles. The van der Waals surface area contributed by atoms with Gasteiger partial charge in [-0.1, -0.05) is 0 Å². The number of hydrogen-bond donors (Lipinski definition) is 1. The predicted octanol–water partition coefficient (Wildman–Crippen LogP) is 3.70. The van der Waals surface area contributed by atoms with Crippen LogP contribution in [0.4, 0.5) is 4.39 Å². The molecule has 11 heteroatoms. The van der Waals surface area contributed by atoms with E-state index >= 15 is 0 Å². The maximum atomic E-state index is 13.8. The highest BCUT2D eigenvalue weighted by atomic mass is 19.1. The molecule has 10 nitrogen and oxygen atoms in total. The second kappa shape index (κ2) is 9.60. The summed E-state index contributed by atoms with van der Waals surface area (Å²) in [7, 11) is 0. The SMILES string of the molecule is Cc1nc(-c2cn([C@H]3C[C@H](COc4ccc5c(c4)C(=O)N(C4CCC(=O)NC4=O)C5=O)C3)nc2C2CC2)ccc1F. The second-order valence-corrected chi connectivity index (χ2v) is 11.4. The third-order valence-electron chi connectivity index (χ3n) is 8.50. The average Bonchev–Trinajstić information content (AvgIpc) is 3.63. The average molecular weight is 558 g/mol. The Kier molecular flexibility index (Phi) is 5.98. The van der Waals surface area contributed by atoms with E-state index in [0.717, 1.165) is 47.5 Å². The number of piperidine rings is 1. The van der Waals surface area contributed by atoms with Crippen molar-refractivity contribution in [2.75, 3.05) is 6.61 Å². The third kappa shape index (κ3) is 4.49. The van der Waals surface area contributed by atoms with Crippen molar-refractivity contribution in [1.29, 1.82) is 0 Å². The molecule has 4 aliphatic rings. The maximum Gasteiger partial charge on any atom is 0.262 e. The van der Waals surface area contributed by atoms with Crippen LogP contribution >= 0.6 is 0 Å². The normalized spacial score (nSPS) is 23.9. The number of imide groups is 2. The smallest absolute Gasteiger partial charge is 0.262 e. The van der Waals surface area contributed by atoms with Crippen LogP contribution in [0.5, 0.6) is 5.75 Å². The summed E-state index contributed by atoms with van der Waals surface area (Å²) in [6.07, 6.45) is 6.19. The number of carbonyl (C=O) groups excluding carboxylic acids is 4. The fourth-order valence-electron chi connectivity index (χ4n) is 5.95. The number of benzene rings is 1. The Balaban J connectivity index is 0.991. The minimum atomic E-state index is -0.998. The van der Waals surface area contributed by atoms with Crippen LogP contribution in [0.15, 0.2) is 36.5 Å². The first-order valence-electron chi connectivity index (χ1n) is 14.0. The van der Waals surface area contributed by atoms with Crippen LogP contribution in [0.3, 0.4) is 0 Å². The molecule has 41 heavy (non-hydrogen) atoms. The van der Waals surface area contributed by atoms with Crippen molar-refractivity contribution in [3.8, 4) is 17.0 Å². The van der Waals surface area contributed by atoms with Gasteiger partial charge in [-0.05, 0) is 75.3 Å². The molecular weight excluding hydrogens is 529 g/mol. The molecule has 7 rings (SSSR count). The van der Waals surface area contributed by atoms with Gasteiger partial charge in [0.05, 0.1) is 40.9 Å². The summed E-state index contributed by atoms with van der Waals surface area (Å²) in [6, 6.07) is 7.17.